The first-order valence-electron chi connectivity index (χ1n) is 9.56. The van der Waals surface area contributed by atoms with Crippen molar-refractivity contribution in [1.29, 1.82) is 0 Å². The minimum absolute atomic E-state index is 0.0228. The molecule has 0 atom stereocenters. The van der Waals surface area contributed by atoms with Crippen LogP contribution in [0.1, 0.15) is 29.3 Å². The van der Waals surface area contributed by atoms with Crippen LogP contribution in [-0.4, -0.2) is 49.4 Å². The molecule has 2 aromatic rings. The van der Waals surface area contributed by atoms with Gasteiger partial charge in [0.1, 0.15) is 0 Å². The lowest BCUT2D eigenvalue weighted by molar-refractivity contribution is 0.101. The van der Waals surface area contributed by atoms with E-state index < -0.39 is 0 Å². The van der Waals surface area contributed by atoms with Crippen LogP contribution in [0.2, 0.25) is 0 Å². The maximum Gasteiger partial charge on any atom is 0.317 e. The van der Waals surface area contributed by atoms with E-state index in [4.69, 9.17) is 0 Å². The zero-order chi connectivity index (χ0) is 19.1. The first-order chi connectivity index (χ1) is 13.1. The van der Waals surface area contributed by atoms with E-state index in [0.29, 0.717) is 19.6 Å². The summed E-state index contributed by atoms with van der Waals surface area (Å²) in [5.41, 5.74) is 3.13. The summed E-state index contributed by atoms with van der Waals surface area (Å²) in [6.45, 7) is 5.29. The van der Waals surface area contributed by atoms with E-state index in [1.165, 1.54) is 5.56 Å². The number of piperazine rings is 1. The van der Waals surface area contributed by atoms with E-state index in [2.05, 4.69) is 22.3 Å². The lowest BCUT2D eigenvalue weighted by Gasteiger charge is -2.36. The van der Waals surface area contributed by atoms with E-state index in [0.717, 1.165) is 37.2 Å². The average molecular weight is 365 g/mol. The Morgan fingerprint density at radius 2 is 1.59 bits per heavy atom. The van der Waals surface area contributed by atoms with E-state index >= 15 is 0 Å². The predicted molar refractivity (Wildman–Crippen MR) is 108 cm³/mol. The van der Waals surface area contributed by atoms with E-state index in [-0.39, 0.29) is 11.8 Å². The van der Waals surface area contributed by atoms with Gasteiger partial charge >= 0.3 is 6.03 Å². The van der Waals surface area contributed by atoms with Crippen LogP contribution in [0.25, 0.3) is 0 Å². The van der Waals surface area contributed by atoms with Crippen LogP contribution in [0, 0.1) is 0 Å². The summed E-state index contributed by atoms with van der Waals surface area (Å²) in [7, 11) is 0. The molecule has 0 saturated carbocycles. The molecule has 1 N–H and O–H groups in total. The Morgan fingerprint density at radius 3 is 2.22 bits per heavy atom. The van der Waals surface area contributed by atoms with E-state index in [9.17, 15) is 9.59 Å². The molecular formula is C22H27N3O2. The van der Waals surface area contributed by atoms with Crippen LogP contribution >= 0.6 is 0 Å². The lowest BCUT2D eigenvalue weighted by Crippen LogP contribution is -2.52. The number of rotatable bonds is 6. The number of ketones is 1. The molecule has 0 aliphatic carbocycles. The SMILES string of the molecule is CC(=O)c1ccc(N2CCN(C(=O)NCCCc3ccccc3)CC2)cc1. The first-order valence-corrected chi connectivity index (χ1v) is 9.56. The molecule has 0 spiro atoms. The number of Topliss-reactive ketones (excluding diaryl/α,β-unsaturated/α-hetero) is 1. The summed E-state index contributed by atoms with van der Waals surface area (Å²) in [6, 6.07) is 18.0. The maximum absolute atomic E-state index is 12.3. The van der Waals surface area contributed by atoms with Crippen LogP contribution in [0.15, 0.2) is 54.6 Å². The van der Waals surface area contributed by atoms with Crippen molar-refractivity contribution >= 4 is 17.5 Å². The van der Waals surface area contributed by atoms with Crippen LogP contribution in [0.3, 0.4) is 0 Å². The van der Waals surface area contributed by atoms with Crippen molar-refractivity contribution < 1.29 is 9.59 Å². The predicted octanol–water partition coefficient (Wildman–Crippen LogP) is 3.35. The van der Waals surface area contributed by atoms with E-state index in [1.807, 2.05) is 47.4 Å². The monoisotopic (exact) mass is 365 g/mol. The molecule has 5 nitrogen and oxygen atoms in total. The Balaban J connectivity index is 1.39. The zero-order valence-electron chi connectivity index (χ0n) is 15.9. The Morgan fingerprint density at radius 1 is 0.926 bits per heavy atom. The third-order valence-corrected chi connectivity index (χ3v) is 4.97. The number of hydrogen-bond acceptors (Lipinski definition) is 3. The summed E-state index contributed by atoms with van der Waals surface area (Å²) in [6.07, 6.45) is 1.92. The van der Waals surface area contributed by atoms with Crippen LogP contribution in [0.5, 0.6) is 0 Å². The second-order valence-corrected chi connectivity index (χ2v) is 6.90. The number of aryl methyl sites for hydroxylation is 1. The number of nitrogens with one attached hydrogen (secondary N) is 1. The number of urea groups is 1. The summed E-state index contributed by atoms with van der Waals surface area (Å²) < 4.78 is 0. The molecule has 1 aliphatic heterocycles. The van der Waals surface area contributed by atoms with Gasteiger partial charge in [-0.2, -0.15) is 0 Å². The van der Waals surface area contributed by atoms with Crippen LogP contribution < -0.4 is 10.2 Å². The Labute approximate surface area is 161 Å². The fourth-order valence-corrected chi connectivity index (χ4v) is 3.32. The standard InChI is InChI=1S/C22H27N3O2/c1-18(26)20-9-11-21(12-10-20)24-14-16-25(17-15-24)22(27)23-13-5-8-19-6-3-2-4-7-19/h2-4,6-7,9-12H,5,8,13-17H2,1H3,(H,23,27). The van der Waals surface area contributed by atoms with Crippen molar-refractivity contribution in [2.24, 2.45) is 0 Å². The zero-order valence-corrected chi connectivity index (χ0v) is 15.9. The highest BCUT2D eigenvalue weighted by Gasteiger charge is 2.21. The number of hydrogen-bond donors (Lipinski definition) is 1. The van der Waals surface area contributed by atoms with Crippen LogP contribution in [0.4, 0.5) is 10.5 Å². The summed E-state index contributed by atoms with van der Waals surface area (Å²) in [4.78, 5) is 27.8. The highest BCUT2D eigenvalue weighted by molar-refractivity contribution is 5.94. The van der Waals surface area contributed by atoms with Gasteiger partial charge in [-0.15, -0.1) is 0 Å². The average Bonchev–Trinajstić information content (AvgIpc) is 2.72. The van der Waals surface area contributed by atoms with Gasteiger partial charge < -0.3 is 15.1 Å². The summed E-state index contributed by atoms with van der Waals surface area (Å²) in [5.74, 6) is 0.0790. The molecule has 27 heavy (non-hydrogen) atoms. The Hall–Kier alpha value is -2.82. The van der Waals surface area contributed by atoms with Gasteiger partial charge in [0.25, 0.3) is 0 Å². The number of amides is 2. The number of carbonyl (C=O) groups excluding carboxylic acids is 2. The minimum atomic E-state index is 0.0228. The van der Waals surface area contributed by atoms with Gasteiger partial charge in [0.2, 0.25) is 0 Å². The molecule has 1 saturated heterocycles. The fourth-order valence-electron chi connectivity index (χ4n) is 3.32. The largest absolute Gasteiger partial charge is 0.368 e. The number of benzene rings is 2. The molecule has 1 aliphatic rings. The van der Waals surface area contributed by atoms with Gasteiger partial charge in [-0.1, -0.05) is 30.3 Å². The maximum atomic E-state index is 12.3. The van der Waals surface area contributed by atoms with Crippen molar-refractivity contribution in [3.8, 4) is 0 Å². The molecule has 0 bridgehead atoms. The van der Waals surface area contributed by atoms with Crippen LogP contribution in [-0.2, 0) is 6.42 Å². The van der Waals surface area contributed by atoms with E-state index in [1.54, 1.807) is 6.92 Å². The molecule has 2 amide bonds. The van der Waals surface area contributed by atoms with Crippen molar-refractivity contribution in [1.82, 2.24) is 10.2 Å². The smallest absolute Gasteiger partial charge is 0.317 e. The molecule has 5 heteroatoms. The van der Waals surface area contributed by atoms with Gasteiger partial charge in [0.15, 0.2) is 5.78 Å². The quantitative estimate of drug-likeness (QED) is 0.631. The molecular weight excluding hydrogens is 338 g/mol. The summed E-state index contributed by atoms with van der Waals surface area (Å²) in [5, 5.41) is 3.03. The van der Waals surface area contributed by atoms with Crippen molar-refractivity contribution in [2.75, 3.05) is 37.6 Å². The Bertz CT molecular complexity index is 751. The van der Waals surface area contributed by atoms with Gasteiger partial charge in [0.05, 0.1) is 0 Å². The van der Waals surface area contributed by atoms with Gasteiger partial charge in [0, 0.05) is 44.0 Å². The fraction of sp³-hybridized carbons (Fsp3) is 0.364. The molecule has 1 fully saturated rings. The van der Waals surface area contributed by atoms with Crippen molar-refractivity contribution in [3.63, 3.8) is 0 Å². The first kappa shape index (κ1) is 19.0. The molecule has 0 unspecified atom stereocenters. The molecule has 0 radical (unpaired) electrons. The second-order valence-electron chi connectivity index (χ2n) is 6.90. The third-order valence-electron chi connectivity index (χ3n) is 4.97. The topological polar surface area (TPSA) is 52.7 Å². The highest BCUT2D eigenvalue weighted by atomic mass is 16.2. The molecule has 0 aromatic heterocycles. The lowest BCUT2D eigenvalue weighted by atomic mass is 10.1. The van der Waals surface area contributed by atoms with Crippen molar-refractivity contribution in [3.05, 3.63) is 65.7 Å². The summed E-state index contributed by atoms with van der Waals surface area (Å²) >= 11 is 0. The number of anilines is 1. The molecule has 1 heterocycles. The highest BCUT2D eigenvalue weighted by Crippen LogP contribution is 2.17. The minimum Gasteiger partial charge on any atom is -0.368 e. The Kier molecular flexibility index (Phi) is 6.47. The third kappa shape index (κ3) is 5.33. The second kappa shape index (κ2) is 9.21. The van der Waals surface area contributed by atoms with Crippen molar-refractivity contribution in [2.45, 2.75) is 19.8 Å². The normalized spacial score (nSPS) is 14.1. The number of carbonyl (C=O) groups is 2. The molecule has 142 valence electrons. The van der Waals surface area contributed by atoms with Gasteiger partial charge in [-0.05, 0) is 49.6 Å². The van der Waals surface area contributed by atoms with Gasteiger partial charge in [-0.25, -0.2) is 4.79 Å². The van der Waals surface area contributed by atoms with Gasteiger partial charge in [-0.3, -0.25) is 4.79 Å². The molecule has 3 rings (SSSR count). The number of nitrogens with zero attached hydrogens (tertiary/aromatic N) is 2. The molecule has 2 aromatic carbocycles.